The highest BCUT2D eigenvalue weighted by atomic mass is 16.5. The van der Waals surface area contributed by atoms with Gasteiger partial charge in [-0.2, -0.15) is 15.0 Å². The maximum atomic E-state index is 5.46. The lowest BCUT2D eigenvalue weighted by Crippen LogP contribution is -2.15. The Labute approximate surface area is 102 Å². The standard InChI is InChI=1S/C11H21N5O/c1-7(2)6-13-10-14-9(12-5)15-11(16-10)17-8(3)4/h7-8H,6H2,1-5H3,(H2,12,13,14,15,16). The van der Waals surface area contributed by atoms with E-state index < -0.39 is 0 Å². The van der Waals surface area contributed by atoms with E-state index in [1.165, 1.54) is 0 Å². The molecule has 17 heavy (non-hydrogen) atoms. The third-order valence-electron chi connectivity index (χ3n) is 1.85. The summed E-state index contributed by atoms with van der Waals surface area (Å²) in [5, 5.41) is 6.04. The van der Waals surface area contributed by atoms with Gasteiger partial charge in [0, 0.05) is 13.6 Å². The van der Waals surface area contributed by atoms with Crippen LogP contribution in [0.5, 0.6) is 6.01 Å². The van der Waals surface area contributed by atoms with Gasteiger partial charge in [-0.15, -0.1) is 0 Å². The Morgan fingerprint density at radius 3 is 2.24 bits per heavy atom. The van der Waals surface area contributed by atoms with Crippen LogP contribution in [0.15, 0.2) is 0 Å². The highest BCUT2D eigenvalue weighted by Gasteiger charge is 2.08. The second-order valence-electron chi connectivity index (χ2n) is 4.46. The van der Waals surface area contributed by atoms with Crippen molar-refractivity contribution in [2.75, 3.05) is 24.2 Å². The predicted molar refractivity (Wildman–Crippen MR) is 68.5 cm³/mol. The first-order valence-corrected chi connectivity index (χ1v) is 5.85. The van der Waals surface area contributed by atoms with Crippen LogP contribution >= 0.6 is 0 Å². The van der Waals surface area contributed by atoms with Gasteiger partial charge in [0.1, 0.15) is 0 Å². The highest BCUT2D eigenvalue weighted by Crippen LogP contribution is 2.12. The van der Waals surface area contributed by atoms with Gasteiger partial charge >= 0.3 is 6.01 Å². The van der Waals surface area contributed by atoms with E-state index in [2.05, 4.69) is 39.4 Å². The van der Waals surface area contributed by atoms with Crippen LogP contribution in [-0.4, -0.2) is 34.6 Å². The number of rotatable bonds is 6. The third-order valence-corrected chi connectivity index (χ3v) is 1.85. The van der Waals surface area contributed by atoms with Gasteiger partial charge in [0.05, 0.1) is 6.10 Å². The molecule has 0 aromatic carbocycles. The quantitative estimate of drug-likeness (QED) is 0.788. The largest absolute Gasteiger partial charge is 0.461 e. The Kier molecular flexibility index (Phi) is 4.93. The highest BCUT2D eigenvalue weighted by molar-refractivity contribution is 5.35. The molecule has 1 aromatic heterocycles. The van der Waals surface area contributed by atoms with Gasteiger partial charge in [0.25, 0.3) is 0 Å². The van der Waals surface area contributed by atoms with Crippen LogP contribution in [0.2, 0.25) is 0 Å². The minimum atomic E-state index is 0.0417. The Morgan fingerprint density at radius 1 is 1.06 bits per heavy atom. The summed E-state index contributed by atoms with van der Waals surface area (Å²) in [4.78, 5) is 12.5. The summed E-state index contributed by atoms with van der Waals surface area (Å²) >= 11 is 0. The Bertz CT molecular complexity index is 354. The third kappa shape index (κ3) is 4.84. The molecule has 0 saturated heterocycles. The number of hydrogen-bond acceptors (Lipinski definition) is 6. The SMILES string of the molecule is CNc1nc(NCC(C)C)nc(OC(C)C)n1. The summed E-state index contributed by atoms with van der Waals surface area (Å²) in [7, 11) is 1.76. The van der Waals surface area contributed by atoms with Gasteiger partial charge < -0.3 is 15.4 Å². The van der Waals surface area contributed by atoms with E-state index in [-0.39, 0.29) is 6.10 Å². The average molecular weight is 239 g/mol. The minimum absolute atomic E-state index is 0.0417. The zero-order chi connectivity index (χ0) is 12.8. The molecule has 1 aromatic rings. The number of aromatic nitrogens is 3. The van der Waals surface area contributed by atoms with Crippen LogP contribution in [-0.2, 0) is 0 Å². The molecule has 6 heteroatoms. The molecule has 96 valence electrons. The van der Waals surface area contributed by atoms with Crippen LogP contribution in [0.25, 0.3) is 0 Å². The summed E-state index contributed by atoms with van der Waals surface area (Å²) in [5.74, 6) is 1.56. The van der Waals surface area contributed by atoms with Crippen molar-refractivity contribution in [2.24, 2.45) is 5.92 Å². The van der Waals surface area contributed by atoms with Crippen molar-refractivity contribution in [2.45, 2.75) is 33.8 Å². The summed E-state index contributed by atoms with van der Waals surface area (Å²) in [6.07, 6.45) is 0.0417. The lowest BCUT2D eigenvalue weighted by Gasteiger charge is -2.12. The fraction of sp³-hybridized carbons (Fsp3) is 0.727. The molecule has 0 radical (unpaired) electrons. The van der Waals surface area contributed by atoms with E-state index in [1.54, 1.807) is 7.05 Å². The zero-order valence-electron chi connectivity index (χ0n) is 11.1. The molecule has 1 rings (SSSR count). The normalized spacial score (nSPS) is 10.8. The second-order valence-corrected chi connectivity index (χ2v) is 4.46. The molecule has 2 N–H and O–H groups in total. The maximum Gasteiger partial charge on any atom is 0.323 e. The van der Waals surface area contributed by atoms with E-state index in [0.717, 1.165) is 6.54 Å². The van der Waals surface area contributed by atoms with Crippen LogP contribution < -0.4 is 15.4 Å². The first-order chi connectivity index (χ1) is 8.01. The topological polar surface area (TPSA) is 72.0 Å². The van der Waals surface area contributed by atoms with Crippen molar-refractivity contribution in [3.05, 3.63) is 0 Å². The first-order valence-electron chi connectivity index (χ1n) is 5.85. The zero-order valence-corrected chi connectivity index (χ0v) is 11.1. The molecular weight excluding hydrogens is 218 g/mol. The second kappa shape index (κ2) is 6.22. The predicted octanol–water partition coefficient (Wildman–Crippen LogP) is 1.77. The van der Waals surface area contributed by atoms with E-state index in [1.807, 2.05) is 13.8 Å². The van der Waals surface area contributed by atoms with Crippen molar-refractivity contribution in [3.63, 3.8) is 0 Å². The number of nitrogens with one attached hydrogen (secondary N) is 2. The van der Waals surface area contributed by atoms with Crippen molar-refractivity contribution < 1.29 is 4.74 Å². The Morgan fingerprint density at radius 2 is 1.71 bits per heavy atom. The molecule has 1 heterocycles. The summed E-state index contributed by atoms with van der Waals surface area (Å²) < 4.78 is 5.46. The summed E-state index contributed by atoms with van der Waals surface area (Å²) in [5.41, 5.74) is 0. The molecule has 0 atom stereocenters. The van der Waals surface area contributed by atoms with Crippen molar-refractivity contribution >= 4 is 11.9 Å². The molecule has 0 aliphatic carbocycles. The number of nitrogens with zero attached hydrogens (tertiary/aromatic N) is 3. The maximum absolute atomic E-state index is 5.46. The van der Waals surface area contributed by atoms with Gasteiger partial charge in [0.2, 0.25) is 11.9 Å². The number of ether oxygens (including phenoxy) is 1. The fourth-order valence-corrected chi connectivity index (χ4v) is 1.11. The number of anilines is 2. The van der Waals surface area contributed by atoms with E-state index >= 15 is 0 Å². The molecule has 0 saturated carbocycles. The molecule has 0 unspecified atom stereocenters. The van der Waals surface area contributed by atoms with Crippen molar-refractivity contribution in [3.8, 4) is 6.01 Å². The van der Waals surface area contributed by atoms with Gasteiger partial charge in [-0.3, -0.25) is 0 Å². The lowest BCUT2D eigenvalue weighted by atomic mass is 10.2. The molecular formula is C11H21N5O. The molecule has 0 spiro atoms. The average Bonchev–Trinajstić information content (AvgIpc) is 2.25. The van der Waals surface area contributed by atoms with Crippen LogP contribution in [0, 0.1) is 5.92 Å². The smallest absolute Gasteiger partial charge is 0.323 e. The van der Waals surface area contributed by atoms with Crippen LogP contribution in [0.4, 0.5) is 11.9 Å². The van der Waals surface area contributed by atoms with Crippen molar-refractivity contribution in [1.29, 1.82) is 0 Å². The van der Waals surface area contributed by atoms with Gasteiger partial charge in [0.15, 0.2) is 0 Å². The molecule has 0 aliphatic rings. The van der Waals surface area contributed by atoms with E-state index in [0.29, 0.717) is 23.8 Å². The van der Waals surface area contributed by atoms with Gasteiger partial charge in [-0.25, -0.2) is 0 Å². The van der Waals surface area contributed by atoms with Gasteiger partial charge in [-0.05, 0) is 19.8 Å². The molecule has 0 aliphatic heterocycles. The first kappa shape index (κ1) is 13.5. The van der Waals surface area contributed by atoms with E-state index in [9.17, 15) is 0 Å². The van der Waals surface area contributed by atoms with Gasteiger partial charge in [-0.1, -0.05) is 13.8 Å². The Hall–Kier alpha value is -1.59. The molecule has 6 nitrogen and oxygen atoms in total. The number of hydrogen-bond donors (Lipinski definition) is 2. The van der Waals surface area contributed by atoms with E-state index in [4.69, 9.17) is 4.74 Å². The summed E-state index contributed by atoms with van der Waals surface area (Å²) in [6, 6.07) is 0.339. The van der Waals surface area contributed by atoms with Crippen LogP contribution in [0.3, 0.4) is 0 Å². The summed E-state index contributed by atoms with van der Waals surface area (Å²) in [6.45, 7) is 8.93. The fourth-order valence-electron chi connectivity index (χ4n) is 1.11. The molecule has 0 fully saturated rings. The minimum Gasteiger partial charge on any atom is -0.461 e. The van der Waals surface area contributed by atoms with Crippen molar-refractivity contribution in [1.82, 2.24) is 15.0 Å². The van der Waals surface area contributed by atoms with Crippen LogP contribution in [0.1, 0.15) is 27.7 Å². The monoisotopic (exact) mass is 239 g/mol. The lowest BCUT2D eigenvalue weighted by molar-refractivity contribution is 0.222. The Balaban J connectivity index is 2.81. The molecule has 0 amide bonds. The molecule has 0 bridgehead atoms.